The van der Waals surface area contributed by atoms with Crippen LogP contribution < -0.4 is 4.74 Å². The van der Waals surface area contributed by atoms with Crippen LogP contribution in [0.2, 0.25) is 5.02 Å². The topological polar surface area (TPSA) is 61.3 Å². The number of halogens is 1. The summed E-state index contributed by atoms with van der Waals surface area (Å²) in [5.41, 5.74) is 3.81. The summed E-state index contributed by atoms with van der Waals surface area (Å²) in [6.45, 7) is 4.47. The van der Waals surface area contributed by atoms with Gasteiger partial charge in [-0.1, -0.05) is 45.9 Å². The first-order chi connectivity index (χ1) is 14.0. The molecule has 0 aliphatic heterocycles. The molecule has 0 radical (unpaired) electrons. The molecule has 0 aliphatic rings. The summed E-state index contributed by atoms with van der Waals surface area (Å²) in [4.78, 5) is 12.5. The molecule has 150 valence electrons. The van der Waals surface area contributed by atoms with Gasteiger partial charge in [-0.15, -0.1) is 5.10 Å². The van der Waals surface area contributed by atoms with Crippen LogP contribution in [0.5, 0.6) is 5.75 Å². The van der Waals surface area contributed by atoms with E-state index in [1.54, 1.807) is 6.92 Å². The van der Waals surface area contributed by atoms with E-state index >= 15 is 0 Å². The molecule has 0 amide bonds. The SMILES string of the molecule is CCOC(=O)C=C(C)Cc1ccc(OCc2snnc2-c2ccc(Cl)cc2)cc1. The van der Waals surface area contributed by atoms with Gasteiger partial charge in [0.25, 0.3) is 0 Å². The van der Waals surface area contributed by atoms with Gasteiger partial charge in [0, 0.05) is 16.7 Å². The van der Waals surface area contributed by atoms with E-state index in [1.807, 2.05) is 55.5 Å². The summed E-state index contributed by atoms with van der Waals surface area (Å²) in [5.74, 6) is 0.454. The number of benzene rings is 2. The maximum absolute atomic E-state index is 11.5. The van der Waals surface area contributed by atoms with E-state index < -0.39 is 0 Å². The summed E-state index contributed by atoms with van der Waals surface area (Å²) in [6.07, 6.45) is 2.21. The van der Waals surface area contributed by atoms with Gasteiger partial charge in [-0.05, 0) is 61.6 Å². The lowest BCUT2D eigenvalue weighted by molar-refractivity contribution is -0.137. The summed E-state index contributed by atoms with van der Waals surface area (Å²) in [7, 11) is 0. The molecular weight excluding hydrogens is 408 g/mol. The van der Waals surface area contributed by atoms with Crippen LogP contribution in [0.3, 0.4) is 0 Å². The largest absolute Gasteiger partial charge is 0.488 e. The van der Waals surface area contributed by atoms with Crippen molar-refractivity contribution in [2.24, 2.45) is 0 Å². The molecule has 3 aromatic rings. The molecule has 5 nitrogen and oxygen atoms in total. The third-order valence-electron chi connectivity index (χ3n) is 4.10. The predicted molar refractivity (Wildman–Crippen MR) is 115 cm³/mol. The second kappa shape index (κ2) is 10.2. The molecular formula is C22H21ClN2O3S. The van der Waals surface area contributed by atoms with Gasteiger partial charge in [0.05, 0.1) is 11.5 Å². The summed E-state index contributed by atoms with van der Waals surface area (Å²) in [5, 5.41) is 4.90. The van der Waals surface area contributed by atoms with Crippen molar-refractivity contribution < 1.29 is 14.3 Å². The molecule has 2 aromatic carbocycles. The number of carbonyl (C=O) groups is 1. The molecule has 0 saturated heterocycles. The molecule has 1 heterocycles. The summed E-state index contributed by atoms with van der Waals surface area (Å²) < 4.78 is 14.9. The number of carbonyl (C=O) groups excluding carboxylic acids is 1. The Morgan fingerprint density at radius 1 is 1.14 bits per heavy atom. The molecule has 1 aromatic heterocycles. The molecule has 7 heteroatoms. The lowest BCUT2D eigenvalue weighted by Crippen LogP contribution is -2.01. The minimum Gasteiger partial charge on any atom is -0.488 e. The van der Waals surface area contributed by atoms with Crippen molar-refractivity contribution in [1.82, 2.24) is 9.59 Å². The van der Waals surface area contributed by atoms with E-state index in [0.29, 0.717) is 24.7 Å². The highest BCUT2D eigenvalue weighted by Crippen LogP contribution is 2.26. The fraction of sp³-hybridized carbons (Fsp3) is 0.227. The number of esters is 1. The van der Waals surface area contributed by atoms with Crippen molar-refractivity contribution in [3.8, 4) is 17.0 Å². The Labute approximate surface area is 179 Å². The van der Waals surface area contributed by atoms with E-state index in [1.165, 1.54) is 17.6 Å². The van der Waals surface area contributed by atoms with Crippen LogP contribution in [-0.2, 0) is 22.6 Å². The quantitative estimate of drug-likeness (QED) is 0.350. The first-order valence-electron chi connectivity index (χ1n) is 9.18. The monoisotopic (exact) mass is 428 g/mol. The van der Waals surface area contributed by atoms with Crippen LogP contribution in [0.15, 0.2) is 60.2 Å². The van der Waals surface area contributed by atoms with Crippen LogP contribution in [0.1, 0.15) is 24.3 Å². The molecule has 0 N–H and O–H groups in total. The molecule has 0 aliphatic carbocycles. The van der Waals surface area contributed by atoms with Crippen molar-refractivity contribution in [1.29, 1.82) is 0 Å². The standard InChI is InChI=1S/C22H21ClN2O3S/c1-3-27-21(26)13-15(2)12-16-4-10-19(11-5-16)28-14-20-22(24-25-29-20)17-6-8-18(23)9-7-17/h4-11,13H,3,12,14H2,1-2H3. The Morgan fingerprint density at radius 2 is 1.86 bits per heavy atom. The van der Waals surface area contributed by atoms with Gasteiger partial charge in [-0.25, -0.2) is 4.79 Å². The molecule has 0 saturated carbocycles. The molecule has 0 atom stereocenters. The third kappa shape index (κ3) is 6.14. The van der Waals surface area contributed by atoms with Crippen molar-refractivity contribution in [2.75, 3.05) is 6.61 Å². The molecule has 3 rings (SSSR count). The second-order valence-corrected chi connectivity index (χ2v) is 7.68. The Hall–Kier alpha value is -2.70. The third-order valence-corrected chi connectivity index (χ3v) is 5.05. The normalized spacial score (nSPS) is 11.3. The van der Waals surface area contributed by atoms with Gasteiger partial charge >= 0.3 is 5.97 Å². The van der Waals surface area contributed by atoms with Gasteiger partial charge < -0.3 is 9.47 Å². The fourth-order valence-corrected chi connectivity index (χ4v) is 3.45. The summed E-state index contributed by atoms with van der Waals surface area (Å²) in [6, 6.07) is 15.3. The molecule has 0 bridgehead atoms. The number of allylic oxidation sites excluding steroid dienone is 1. The van der Waals surface area contributed by atoms with Crippen molar-refractivity contribution >= 4 is 29.1 Å². The average molecular weight is 429 g/mol. The van der Waals surface area contributed by atoms with E-state index in [2.05, 4.69) is 9.59 Å². The number of hydrogen-bond acceptors (Lipinski definition) is 6. The Bertz CT molecular complexity index is 982. The van der Waals surface area contributed by atoms with E-state index in [-0.39, 0.29) is 5.97 Å². The number of nitrogens with zero attached hydrogens (tertiary/aromatic N) is 2. The maximum atomic E-state index is 11.5. The average Bonchev–Trinajstić information content (AvgIpc) is 3.16. The Morgan fingerprint density at radius 3 is 2.55 bits per heavy atom. The van der Waals surface area contributed by atoms with Crippen LogP contribution in [0.25, 0.3) is 11.3 Å². The molecule has 0 spiro atoms. The first-order valence-corrected chi connectivity index (χ1v) is 10.3. The van der Waals surface area contributed by atoms with Crippen LogP contribution >= 0.6 is 23.1 Å². The van der Waals surface area contributed by atoms with Crippen molar-refractivity contribution in [3.63, 3.8) is 0 Å². The highest BCUT2D eigenvalue weighted by molar-refractivity contribution is 7.05. The van der Waals surface area contributed by atoms with Crippen molar-refractivity contribution in [2.45, 2.75) is 26.9 Å². The highest BCUT2D eigenvalue weighted by Gasteiger charge is 2.11. The predicted octanol–water partition coefficient (Wildman–Crippen LogP) is 5.49. The van der Waals surface area contributed by atoms with Crippen LogP contribution in [0.4, 0.5) is 0 Å². The Kier molecular flexibility index (Phi) is 7.38. The minimum absolute atomic E-state index is 0.306. The molecule has 0 fully saturated rings. The maximum Gasteiger partial charge on any atom is 0.330 e. The number of aromatic nitrogens is 2. The smallest absolute Gasteiger partial charge is 0.330 e. The molecule has 29 heavy (non-hydrogen) atoms. The van der Waals surface area contributed by atoms with E-state index in [0.717, 1.165) is 33.0 Å². The van der Waals surface area contributed by atoms with Gasteiger partial charge in [0.15, 0.2) is 0 Å². The zero-order valence-electron chi connectivity index (χ0n) is 16.2. The lowest BCUT2D eigenvalue weighted by atomic mass is 10.1. The minimum atomic E-state index is -0.306. The number of ether oxygens (including phenoxy) is 2. The van der Waals surface area contributed by atoms with Crippen molar-refractivity contribution in [3.05, 3.63) is 75.6 Å². The Balaban J connectivity index is 1.59. The van der Waals surface area contributed by atoms with Gasteiger partial charge in [-0.2, -0.15) is 0 Å². The van der Waals surface area contributed by atoms with Crippen LogP contribution in [0, 0.1) is 0 Å². The molecule has 0 unspecified atom stereocenters. The second-order valence-electron chi connectivity index (χ2n) is 6.40. The highest BCUT2D eigenvalue weighted by atomic mass is 35.5. The zero-order valence-corrected chi connectivity index (χ0v) is 17.8. The number of rotatable bonds is 8. The van der Waals surface area contributed by atoms with E-state index in [4.69, 9.17) is 21.1 Å². The number of hydrogen-bond donors (Lipinski definition) is 0. The van der Waals surface area contributed by atoms with Crippen LogP contribution in [-0.4, -0.2) is 22.2 Å². The lowest BCUT2D eigenvalue weighted by Gasteiger charge is -2.08. The van der Waals surface area contributed by atoms with Gasteiger partial charge in [0.1, 0.15) is 18.1 Å². The first kappa shape index (κ1) is 21.0. The summed E-state index contributed by atoms with van der Waals surface area (Å²) >= 11 is 7.27. The zero-order chi connectivity index (χ0) is 20.6. The fourth-order valence-electron chi connectivity index (χ4n) is 2.74. The van der Waals surface area contributed by atoms with E-state index in [9.17, 15) is 4.79 Å². The van der Waals surface area contributed by atoms with Gasteiger partial charge in [0.2, 0.25) is 0 Å². The van der Waals surface area contributed by atoms with Gasteiger partial charge in [-0.3, -0.25) is 0 Å².